The summed E-state index contributed by atoms with van der Waals surface area (Å²) in [5.74, 6) is -1.44. The maximum absolute atomic E-state index is 12.1. The van der Waals surface area contributed by atoms with Gasteiger partial charge in [0.2, 0.25) is 10.0 Å². The molecule has 0 aliphatic heterocycles. The van der Waals surface area contributed by atoms with E-state index >= 15 is 0 Å². The van der Waals surface area contributed by atoms with E-state index in [9.17, 15) is 26.8 Å². The lowest BCUT2D eigenvalue weighted by Crippen LogP contribution is -2.22. The van der Waals surface area contributed by atoms with Crippen molar-refractivity contribution in [2.45, 2.75) is 24.9 Å². The van der Waals surface area contributed by atoms with Gasteiger partial charge in [-0.25, -0.2) is 13.6 Å². The van der Waals surface area contributed by atoms with Crippen LogP contribution in [0.15, 0.2) is 47.4 Å². The third-order valence-corrected chi connectivity index (χ3v) is 4.69. The molecule has 0 aliphatic rings. The summed E-state index contributed by atoms with van der Waals surface area (Å²) >= 11 is 0. The van der Waals surface area contributed by atoms with E-state index in [1.54, 1.807) is 6.92 Å². The van der Waals surface area contributed by atoms with Gasteiger partial charge >= 0.3 is 12.6 Å². The van der Waals surface area contributed by atoms with Gasteiger partial charge in [-0.15, -0.1) is 0 Å². The van der Waals surface area contributed by atoms with Gasteiger partial charge in [0.1, 0.15) is 5.75 Å². The molecule has 0 heterocycles. The van der Waals surface area contributed by atoms with Gasteiger partial charge in [-0.2, -0.15) is 8.78 Å². The van der Waals surface area contributed by atoms with Gasteiger partial charge in [-0.3, -0.25) is 9.59 Å². The van der Waals surface area contributed by atoms with Gasteiger partial charge < -0.3 is 14.8 Å². The molecular formula is C18H18F2N2O6S. The highest BCUT2D eigenvalue weighted by atomic mass is 32.2. The van der Waals surface area contributed by atoms with Crippen molar-refractivity contribution in [3.8, 4) is 5.75 Å². The van der Waals surface area contributed by atoms with Gasteiger partial charge in [-0.1, -0.05) is 18.2 Å². The number of sulfonamides is 1. The Morgan fingerprint density at radius 2 is 1.79 bits per heavy atom. The third kappa shape index (κ3) is 7.12. The van der Waals surface area contributed by atoms with Crippen LogP contribution in [0.1, 0.15) is 11.1 Å². The number of benzene rings is 2. The van der Waals surface area contributed by atoms with Crippen LogP contribution in [0.3, 0.4) is 0 Å². The first-order valence-electron chi connectivity index (χ1n) is 8.17. The number of anilines is 1. The van der Waals surface area contributed by atoms with Crippen LogP contribution in [0.4, 0.5) is 14.5 Å². The molecule has 0 saturated heterocycles. The highest BCUT2D eigenvalue weighted by Crippen LogP contribution is 2.19. The van der Waals surface area contributed by atoms with Crippen molar-refractivity contribution in [1.29, 1.82) is 0 Å². The number of nitrogens with one attached hydrogen (secondary N) is 1. The average molecular weight is 428 g/mol. The quantitative estimate of drug-likeness (QED) is 0.620. The number of esters is 1. The Labute approximate surface area is 165 Å². The lowest BCUT2D eigenvalue weighted by atomic mass is 10.1. The summed E-state index contributed by atoms with van der Waals surface area (Å²) in [5, 5.41) is 7.51. The Morgan fingerprint density at radius 3 is 2.38 bits per heavy atom. The predicted octanol–water partition coefficient (Wildman–Crippen LogP) is 1.97. The second-order valence-electron chi connectivity index (χ2n) is 5.93. The van der Waals surface area contributed by atoms with E-state index in [4.69, 9.17) is 9.88 Å². The van der Waals surface area contributed by atoms with Gasteiger partial charge in [0, 0.05) is 5.69 Å². The number of hydrogen-bond donors (Lipinski definition) is 2. The second kappa shape index (κ2) is 9.43. The minimum atomic E-state index is -3.95. The number of halogens is 2. The standard InChI is InChI=1S/C18H18F2N2O6S/c1-11-2-5-13(9-15(11)29(21,25)26)22-16(23)10-27-17(24)8-12-3-6-14(7-4-12)28-18(19)20/h2-7,9,18H,8,10H2,1H3,(H,22,23)(H2,21,25,26). The first kappa shape index (κ1) is 22.2. The molecule has 8 nitrogen and oxygen atoms in total. The van der Waals surface area contributed by atoms with Crippen LogP contribution >= 0.6 is 0 Å². The maximum atomic E-state index is 12.1. The topological polar surface area (TPSA) is 125 Å². The van der Waals surface area contributed by atoms with E-state index in [1.165, 1.54) is 42.5 Å². The number of hydrogen-bond acceptors (Lipinski definition) is 6. The SMILES string of the molecule is Cc1ccc(NC(=O)COC(=O)Cc2ccc(OC(F)F)cc2)cc1S(N)(=O)=O. The summed E-state index contributed by atoms with van der Waals surface area (Å²) < 4.78 is 56.2. The van der Waals surface area contributed by atoms with E-state index in [0.717, 1.165) is 0 Å². The van der Waals surface area contributed by atoms with Gasteiger partial charge in [-0.05, 0) is 42.3 Å². The number of alkyl halides is 2. The number of primary sulfonamides is 1. The van der Waals surface area contributed by atoms with Gasteiger partial charge in [0.25, 0.3) is 5.91 Å². The fraction of sp³-hybridized carbons (Fsp3) is 0.222. The number of aryl methyl sites for hydroxylation is 1. The Kier molecular flexibility index (Phi) is 7.23. The van der Waals surface area contributed by atoms with Crippen LogP contribution in [0.5, 0.6) is 5.75 Å². The molecule has 0 atom stereocenters. The molecule has 29 heavy (non-hydrogen) atoms. The molecule has 0 saturated carbocycles. The smallest absolute Gasteiger partial charge is 0.387 e. The summed E-state index contributed by atoms with van der Waals surface area (Å²) in [4.78, 5) is 23.6. The number of nitrogens with two attached hydrogens (primary N) is 1. The van der Waals surface area contributed by atoms with E-state index in [2.05, 4.69) is 10.1 Å². The summed E-state index contributed by atoms with van der Waals surface area (Å²) in [7, 11) is -3.95. The van der Waals surface area contributed by atoms with E-state index in [-0.39, 0.29) is 22.8 Å². The van der Waals surface area contributed by atoms with Crippen LogP contribution in [-0.2, 0) is 30.8 Å². The molecule has 2 aromatic carbocycles. The van der Waals surface area contributed by atoms with Gasteiger partial charge in [0.05, 0.1) is 11.3 Å². The molecule has 0 aromatic heterocycles. The molecule has 0 unspecified atom stereocenters. The minimum absolute atomic E-state index is 0.0477. The number of rotatable bonds is 8. The summed E-state index contributed by atoms with van der Waals surface area (Å²) in [6, 6.07) is 9.55. The summed E-state index contributed by atoms with van der Waals surface area (Å²) in [5.41, 5.74) is 1.07. The monoisotopic (exact) mass is 428 g/mol. The van der Waals surface area contributed by atoms with Crippen LogP contribution in [0.25, 0.3) is 0 Å². The molecule has 156 valence electrons. The Morgan fingerprint density at radius 1 is 1.14 bits per heavy atom. The highest BCUT2D eigenvalue weighted by molar-refractivity contribution is 7.89. The average Bonchev–Trinajstić information content (AvgIpc) is 2.62. The molecule has 11 heteroatoms. The molecule has 0 spiro atoms. The predicted molar refractivity (Wildman–Crippen MR) is 98.9 cm³/mol. The van der Waals surface area contributed by atoms with E-state index < -0.39 is 35.1 Å². The molecular weight excluding hydrogens is 410 g/mol. The minimum Gasteiger partial charge on any atom is -0.455 e. The first-order valence-corrected chi connectivity index (χ1v) is 9.72. The normalized spacial score (nSPS) is 11.2. The number of carbonyl (C=O) groups excluding carboxylic acids is 2. The number of carbonyl (C=O) groups is 2. The first-order chi connectivity index (χ1) is 13.5. The van der Waals surface area contributed by atoms with Crippen LogP contribution in [0, 0.1) is 6.92 Å². The number of ether oxygens (including phenoxy) is 2. The Balaban J connectivity index is 1.87. The van der Waals surface area contributed by atoms with Crippen molar-refractivity contribution in [3.63, 3.8) is 0 Å². The summed E-state index contributed by atoms with van der Waals surface area (Å²) in [6.07, 6.45) is -0.178. The zero-order valence-electron chi connectivity index (χ0n) is 15.2. The number of amides is 1. The lowest BCUT2D eigenvalue weighted by molar-refractivity contribution is -0.146. The van der Waals surface area contributed by atoms with Crippen molar-refractivity contribution in [1.82, 2.24) is 0 Å². The van der Waals surface area contributed by atoms with Crippen molar-refractivity contribution in [3.05, 3.63) is 53.6 Å². The third-order valence-electron chi connectivity index (χ3n) is 3.64. The van der Waals surface area contributed by atoms with Crippen LogP contribution in [-0.4, -0.2) is 33.5 Å². The van der Waals surface area contributed by atoms with Crippen molar-refractivity contribution >= 4 is 27.6 Å². The second-order valence-corrected chi connectivity index (χ2v) is 7.46. The van der Waals surface area contributed by atoms with E-state index in [0.29, 0.717) is 11.1 Å². The molecule has 2 rings (SSSR count). The molecule has 2 aromatic rings. The van der Waals surface area contributed by atoms with E-state index in [1.807, 2.05) is 0 Å². The van der Waals surface area contributed by atoms with Crippen LogP contribution < -0.4 is 15.2 Å². The fourth-order valence-electron chi connectivity index (χ4n) is 2.33. The maximum Gasteiger partial charge on any atom is 0.387 e. The lowest BCUT2D eigenvalue weighted by Gasteiger charge is -2.10. The van der Waals surface area contributed by atoms with Crippen molar-refractivity contribution in [2.24, 2.45) is 5.14 Å². The Bertz CT molecular complexity index is 994. The zero-order valence-corrected chi connectivity index (χ0v) is 16.0. The highest BCUT2D eigenvalue weighted by Gasteiger charge is 2.14. The molecule has 1 amide bonds. The fourth-order valence-corrected chi connectivity index (χ4v) is 3.14. The van der Waals surface area contributed by atoms with Crippen LogP contribution in [0.2, 0.25) is 0 Å². The summed E-state index contributed by atoms with van der Waals surface area (Å²) in [6.45, 7) is -1.98. The molecule has 3 N–H and O–H groups in total. The Hall–Kier alpha value is -3.05. The zero-order chi connectivity index (χ0) is 21.6. The largest absolute Gasteiger partial charge is 0.455 e. The molecule has 0 bridgehead atoms. The molecule has 0 fully saturated rings. The molecule has 0 aliphatic carbocycles. The van der Waals surface area contributed by atoms with Crippen molar-refractivity contribution < 1.29 is 36.3 Å². The molecule has 0 radical (unpaired) electrons. The van der Waals surface area contributed by atoms with Crippen molar-refractivity contribution in [2.75, 3.05) is 11.9 Å². The van der Waals surface area contributed by atoms with Gasteiger partial charge in [0.15, 0.2) is 6.61 Å².